The van der Waals surface area contributed by atoms with Crippen molar-refractivity contribution < 1.29 is 8.42 Å². The summed E-state index contributed by atoms with van der Waals surface area (Å²) in [5, 5.41) is 3.15. The van der Waals surface area contributed by atoms with Crippen LogP contribution in [-0.2, 0) is 9.84 Å². The van der Waals surface area contributed by atoms with Gasteiger partial charge in [0.25, 0.3) is 0 Å². The third-order valence-electron chi connectivity index (χ3n) is 2.35. The van der Waals surface area contributed by atoms with Crippen LogP contribution < -0.4 is 11.1 Å². The van der Waals surface area contributed by atoms with Gasteiger partial charge >= 0.3 is 0 Å². The fourth-order valence-electron chi connectivity index (χ4n) is 1.38. The van der Waals surface area contributed by atoms with Crippen LogP contribution in [0.1, 0.15) is 18.5 Å². The van der Waals surface area contributed by atoms with Crippen molar-refractivity contribution in [3.8, 4) is 0 Å². The molecule has 16 heavy (non-hydrogen) atoms. The molecule has 0 aliphatic rings. The van der Waals surface area contributed by atoms with Crippen LogP contribution in [0.5, 0.6) is 0 Å². The zero-order chi connectivity index (χ0) is 12.2. The van der Waals surface area contributed by atoms with Gasteiger partial charge in [-0.15, -0.1) is 0 Å². The summed E-state index contributed by atoms with van der Waals surface area (Å²) in [6.45, 7) is 3.57. The molecular weight excluding hydrogens is 224 g/mol. The van der Waals surface area contributed by atoms with Crippen LogP contribution in [-0.4, -0.2) is 27.8 Å². The maximum absolute atomic E-state index is 11.2. The standard InChI is InChI=1S/C11H18N2O2S/c1-3-13-8-11(12)9-4-6-10(7-5-9)16(2,14)15/h4-7,11,13H,3,8,12H2,1-2H3. The molecule has 4 nitrogen and oxygen atoms in total. The minimum Gasteiger partial charge on any atom is -0.323 e. The first kappa shape index (κ1) is 13.2. The molecule has 90 valence electrons. The highest BCUT2D eigenvalue weighted by atomic mass is 32.2. The molecule has 1 unspecified atom stereocenters. The summed E-state index contributed by atoms with van der Waals surface area (Å²) in [5.41, 5.74) is 6.87. The second kappa shape index (κ2) is 5.43. The molecule has 3 N–H and O–H groups in total. The molecule has 0 spiro atoms. The van der Waals surface area contributed by atoms with Crippen LogP contribution in [0.15, 0.2) is 29.2 Å². The highest BCUT2D eigenvalue weighted by molar-refractivity contribution is 7.90. The van der Waals surface area contributed by atoms with E-state index in [1.165, 1.54) is 6.26 Å². The minimum atomic E-state index is -3.12. The van der Waals surface area contributed by atoms with Crippen LogP contribution in [0.25, 0.3) is 0 Å². The summed E-state index contributed by atoms with van der Waals surface area (Å²) in [7, 11) is -3.12. The maximum Gasteiger partial charge on any atom is 0.175 e. The van der Waals surface area contributed by atoms with Crippen LogP contribution in [0, 0.1) is 0 Å². The largest absolute Gasteiger partial charge is 0.323 e. The first-order valence-corrected chi connectivity index (χ1v) is 7.10. The summed E-state index contributed by atoms with van der Waals surface area (Å²) < 4.78 is 22.5. The lowest BCUT2D eigenvalue weighted by Gasteiger charge is -2.12. The Hall–Kier alpha value is -0.910. The van der Waals surface area contributed by atoms with Gasteiger partial charge in [0.1, 0.15) is 0 Å². The summed E-state index contributed by atoms with van der Waals surface area (Å²) >= 11 is 0. The number of hydrogen-bond donors (Lipinski definition) is 2. The molecule has 0 radical (unpaired) electrons. The molecule has 1 aromatic rings. The maximum atomic E-state index is 11.2. The van der Waals surface area contributed by atoms with E-state index < -0.39 is 9.84 Å². The van der Waals surface area contributed by atoms with Crippen LogP contribution in [0.3, 0.4) is 0 Å². The van der Waals surface area contributed by atoms with Gasteiger partial charge in [-0.25, -0.2) is 8.42 Å². The van der Waals surface area contributed by atoms with Gasteiger partial charge in [0.15, 0.2) is 9.84 Å². The molecule has 5 heteroatoms. The summed E-state index contributed by atoms with van der Waals surface area (Å²) in [6, 6.07) is 6.61. The fraction of sp³-hybridized carbons (Fsp3) is 0.455. The Labute approximate surface area is 96.8 Å². The predicted molar refractivity (Wildman–Crippen MR) is 65.0 cm³/mol. The van der Waals surface area contributed by atoms with E-state index in [-0.39, 0.29) is 6.04 Å². The Morgan fingerprint density at radius 1 is 1.31 bits per heavy atom. The second-order valence-electron chi connectivity index (χ2n) is 3.76. The summed E-state index contributed by atoms with van der Waals surface area (Å²) in [6.07, 6.45) is 1.20. The third-order valence-corrected chi connectivity index (χ3v) is 3.48. The Kier molecular flexibility index (Phi) is 4.46. The highest BCUT2D eigenvalue weighted by Gasteiger charge is 2.09. The fourth-order valence-corrected chi connectivity index (χ4v) is 2.01. The lowest BCUT2D eigenvalue weighted by atomic mass is 10.1. The number of benzene rings is 1. The molecule has 0 saturated carbocycles. The zero-order valence-electron chi connectivity index (χ0n) is 9.60. The Balaban J connectivity index is 2.79. The van der Waals surface area contributed by atoms with Crippen LogP contribution in [0.4, 0.5) is 0 Å². The van der Waals surface area contributed by atoms with E-state index in [9.17, 15) is 8.42 Å². The molecule has 0 saturated heterocycles. The normalized spacial score (nSPS) is 13.7. The van der Waals surface area contributed by atoms with Crippen molar-refractivity contribution in [2.45, 2.75) is 17.9 Å². The zero-order valence-corrected chi connectivity index (χ0v) is 10.4. The van der Waals surface area contributed by atoms with Gasteiger partial charge in [-0.3, -0.25) is 0 Å². The monoisotopic (exact) mass is 242 g/mol. The number of nitrogens with two attached hydrogens (primary N) is 1. The van der Waals surface area contributed by atoms with E-state index in [1.807, 2.05) is 6.92 Å². The molecule has 1 rings (SSSR count). The predicted octanol–water partition coefficient (Wildman–Crippen LogP) is 0.699. The SMILES string of the molecule is CCNCC(N)c1ccc(S(C)(=O)=O)cc1. The van der Waals surface area contributed by atoms with Gasteiger partial charge in [-0.1, -0.05) is 19.1 Å². The van der Waals surface area contributed by atoms with Gasteiger partial charge < -0.3 is 11.1 Å². The molecule has 0 aromatic heterocycles. The minimum absolute atomic E-state index is 0.103. The van der Waals surface area contributed by atoms with E-state index in [0.29, 0.717) is 11.4 Å². The van der Waals surface area contributed by atoms with Crippen molar-refractivity contribution in [3.63, 3.8) is 0 Å². The van der Waals surface area contributed by atoms with Gasteiger partial charge in [-0.05, 0) is 24.2 Å². The van der Waals surface area contributed by atoms with Gasteiger partial charge in [0.2, 0.25) is 0 Å². The molecule has 1 aromatic carbocycles. The second-order valence-corrected chi connectivity index (χ2v) is 5.77. The Morgan fingerprint density at radius 2 is 1.88 bits per heavy atom. The molecule has 0 bridgehead atoms. The van der Waals surface area contributed by atoms with E-state index in [1.54, 1.807) is 24.3 Å². The summed E-state index contributed by atoms with van der Waals surface area (Å²) in [4.78, 5) is 0.326. The molecule has 1 atom stereocenters. The van der Waals surface area contributed by atoms with Crippen molar-refractivity contribution in [2.24, 2.45) is 5.73 Å². The average molecular weight is 242 g/mol. The molecule has 0 amide bonds. The van der Waals surface area contributed by atoms with Crippen molar-refractivity contribution in [3.05, 3.63) is 29.8 Å². The van der Waals surface area contributed by atoms with Crippen LogP contribution >= 0.6 is 0 Å². The number of sulfone groups is 1. The van der Waals surface area contributed by atoms with E-state index in [4.69, 9.17) is 5.73 Å². The van der Waals surface area contributed by atoms with E-state index >= 15 is 0 Å². The van der Waals surface area contributed by atoms with Gasteiger partial charge in [0, 0.05) is 18.8 Å². The van der Waals surface area contributed by atoms with Crippen molar-refractivity contribution in [1.82, 2.24) is 5.32 Å². The smallest absolute Gasteiger partial charge is 0.175 e. The quantitative estimate of drug-likeness (QED) is 0.797. The number of nitrogens with one attached hydrogen (secondary N) is 1. The van der Waals surface area contributed by atoms with Crippen molar-refractivity contribution >= 4 is 9.84 Å². The number of rotatable bonds is 5. The Morgan fingerprint density at radius 3 is 2.31 bits per heavy atom. The molecule has 0 heterocycles. The lowest BCUT2D eigenvalue weighted by molar-refractivity contribution is 0.601. The van der Waals surface area contributed by atoms with Crippen molar-refractivity contribution in [1.29, 1.82) is 0 Å². The van der Waals surface area contributed by atoms with E-state index in [0.717, 1.165) is 12.1 Å². The number of hydrogen-bond acceptors (Lipinski definition) is 4. The first-order chi connectivity index (χ1) is 7.45. The topological polar surface area (TPSA) is 72.2 Å². The summed E-state index contributed by atoms with van der Waals surface area (Å²) in [5.74, 6) is 0. The Bertz CT molecular complexity index is 426. The van der Waals surface area contributed by atoms with Gasteiger partial charge in [0.05, 0.1) is 4.90 Å². The molecule has 0 fully saturated rings. The average Bonchev–Trinajstić information content (AvgIpc) is 2.25. The molecule has 0 aliphatic heterocycles. The highest BCUT2D eigenvalue weighted by Crippen LogP contribution is 2.14. The lowest BCUT2D eigenvalue weighted by Crippen LogP contribution is -2.26. The van der Waals surface area contributed by atoms with E-state index in [2.05, 4.69) is 5.32 Å². The van der Waals surface area contributed by atoms with Crippen LogP contribution in [0.2, 0.25) is 0 Å². The number of likely N-dealkylation sites (N-methyl/N-ethyl adjacent to an activating group) is 1. The third kappa shape index (κ3) is 3.59. The molecule has 0 aliphatic carbocycles. The van der Waals surface area contributed by atoms with Gasteiger partial charge in [-0.2, -0.15) is 0 Å². The molecular formula is C11H18N2O2S. The van der Waals surface area contributed by atoms with Crippen molar-refractivity contribution in [2.75, 3.05) is 19.3 Å². The first-order valence-electron chi connectivity index (χ1n) is 5.21.